The summed E-state index contributed by atoms with van der Waals surface area (Å²) in [5.74, 6) is 2.95. The summed E-state index contributed by atoms with van der Waals surface area (Å²) in [7, 11) is 0. The van der Waals surface area contributed by atoms with Crippen molar-refractivity contribution in [2.45, 2.75) is 44.3 Å². The maximum Gasteiger partial charge on any atom is 0.434 e. The Labute approximate surface area is 137 Å². The lowest BCUT2D eigenvalue weighted by atomic mass is 9.99. The van der Waals surface area contributed by atoms with Crippen molar-refractivity contribution in [2.75, 3.05) is 11.9 Å². The lowest BCUT2D eigenvalue weighted by Gasteiger charge is -2.24. The number of aromatic nitrogens is 4. The number of anilines is 1. The summed E-state index contributed by atoms with van der Waals surface area (Å²) < 4.78 is 39.9. The third-order valence-corrected chi connectivity index (χ3v) is 4.57. The van der Waals surface area contributed by atoms with E-state index < -0.39 is 11.9 Å². The van der Waals surface area contributed by atoms with Gasteiger partial charge in [0.15, 0.2) is 5.69 Å². The predicted octanol–water partition coefficient (Wildman–Crippen LogP) is 3.24. The van der Waals surface area contributed by atoms with Crippen molar-refractivity contribution in [3.63, 3.8) is 0 Å². The minimum Gasteiger partial charge on any atom is -0.370 e. The van der Waals surface area contributed by atoms with Gasteiger partial charge in [-0.3, -0.25) is 0 Å². The van der Waals surface area contributed by atoms with Crippen LogP contribution in [0.2, 0.25) is 0 Å². The fraction of sp³-hybridized carbons (Fsp3) is 0.562. The SMILES string of the molecule is FC(F)(F)c1cn2c(n1)CC[C@H](CNc1ccnc(C3CC3)n1)C2. The van der Waals surface area contributed by atoms with E-state index in [1.807, 2.05) is 6.07 Å². The normalized spacial score (nSPS) is 20.7. The molecular weight excluding hydrogens is 319 g/mol. The molecule has 1 atom stereocenters. The number of imidazole rings is 1. The maximum absolute atomic E-state index is 12.7. The zero-order valence-electron chi connectivity index (χ0n) is 13.1. The van der Waals surface area contributed by atoms with E-state index >= 15 is 0 Å². The Balaban J connectivity index is 1.38. The van der Waals surface area contributed by atoms with Crippen LogP contribution in [-0.4, -0.2) is 26.1 Å². The molecule has 24 heavy (non-hydrogen) atoms. The number of halogens is 3. The molecule has 0 amide bonds. The molecule has 4 rings (SSSR count). The number of hydrogen-bond donors (Lipinski definition) is 1. The molecule has 8 heteroatoms. The average molecular weight is 337 g/mol. The van der Waals surface area contributed by atoms with E-state index in [4.69, 9.17) is 0 Å². The second kappa shape index (κ2) is 5.75. The first-order chi connectivity index (χ1) is 11.5. The van der Waals surface area contributed by atoms with Crippen LogP contribution in [0.5, 0.6) is 0 Å². The van der Waals surface area contributed by atoms with Gasteiger partial charge in [-0.15, -0.1) is 0 Å². The smallest absolute Gasteiger partial charge is 0.370 e. The number of nitrogens with one attached hydrogen (secondary N) is 1. The molecular formula is C16H18F3N5. The van der Waals surface area contributed by atoms with Crippen molar-refractivity contribution in [1.29, 1.82) is 0 Å². The van der Waals surface area contributed by atoms with Crippen molar-refractivity contribution in [1.82, 2.24) is 19.5 Å². The summed E-state index contributed by atoms with van der Waals surface area (Å²) in [6, 6.07) is 1.83. The van der Waals surface area contributed by atoms with Crippen molar-refractivity contribution >= 4 is 5.82 Å². The van der Waals surface area contributed by atoms with Crippen LogP contribution < -0.4 is 5.32 Å². The van der Waals surface area contributed by atoms with Gasteiger partial charge in [-0.1, -0.05) is 0 Å². The van der Waals surface area contributed by atoms with E-state index in [1.54, 1.807) is 10.8 Å². The van der Waals surface area contributed by atoms with Gasteiger partial charge in [-0.2, -0.15) is 13.2 Å². The molecule has 2 aliphatic rings. The fourth-order valence-electron chi connectivity index (χ4n) is 3.08. The molecule has 5 nitrogen and oxygen atoms in total. The van der Waals surface area contributed by atoms with Crippen LogP contribution in [0.15, 0.2) is 18.5 Å². The highest BCUT2D eigenvalue weighted by Crippen LogP contribution is 2.38. The Hall–Kier alpha value is -2.12. The minimum absolute atomic E-state index is 0.257. The maximum atomic E-state index is 12.7. The van der Waals surface area contributed by atoms with E-state index in [9.17, 15) is 13.2 Å². The van der Waals surface area contributed by atoms with Gasteiger partial charge in [0.2, 0.25) is 0 Å². The van der Waals surface area contributed by atoms with Crippen LogP contribution in [0.25, 0.3) is 0 Å². The number of fused-ring (bicyclic) bond motifs is 1. The predicted molar refractivity (Wildman–Crippen MR) is 81.5 cm³/mol. The van der Waals surface area contributed by atoms with Gasteiger partial charge in [0.25, 0.3) is 0 Å². The Kier molecular flexibility index (Phi) is 3.69. The van der Waals surface area contributed by atoms with Gasteiger partial charge in [-0.05, 0) is 31.2 Å². The fourth-order valence-corrected chi connectivity index (χ4v) is 3.08. The van der Waals surface area contributed by atoms with Crippen molar-refractivity contribution in [2.24, 2.45) is 5.92 Å². The van der Waals surface area contributed by atoms with Crippen LogP contribution in [0.1, 0.15) is 42.5 Å². The Morgan fingerprint density at radius 2 is 2.04 bits per heavy atom. The first-order valence-electron chi connectivity index (χ1n) is 8.19. The Morgan fingerprint density at radius 1 is 1.21 bits per heavy atom. The molecule has 128 valence electrons. The topological polar surface area (TPSA) is 55.6 Å². The molecule has 0 unspecified atom stereocenters. The molecule has 1 fully saturated rings. The summed E-state index contributed by atoms with van der Waals surface area (Å²) in [6.45, 7) is 1.23. The highest BCUT2D eigenvalue weighted by molar-refractivity contribution is 5.34. The number of nitrogens with zero attached hydrogens (tertiary/aromatic N) is 4. The monoisotopic (exact) mass is 337 g/mol. The summed E-state index contributed by atoms with van der Waals surface area (Å²) in [6.07, 6.45) is 2.19. The highest BCUT2D eigenvalue weighted by atomic mass is 19.4. The molecule has 1 aliphatic carbocycles. The van der Waals surface area contributed by atoms with Crippen LogP contribution in [0.4, 0.5) is 19.0 Å². The summed E-state index contributed by atoms with van der Waals surface area (Å²) in [5.41, 5.74) is -0.795. The lowest BCUT2D eigenvalue weighted by molar-refractivity contribution is -0.141. The standard InChI is InChI=1S/C16H18F3N5/c17-16(18,19)12-9-24-8-10(1-4-14(24)22-12)7-21-13-5-6-20-15(23-13)11-2-3-11/h5-6,9-11H,1-4,7-8H2,(H,20,21,23)/t10-/m1/s1. The third kappa shape index (κ3) is 3.22. The quantitative estimate of drug-likeness (QED) is 0.930. The van der Waals surface area contributed by atoms with Gasteiger partial charge in [0.1, 0.15) is 17.5 Å². The van der Waals surface area contributed by atoms with Gasteiger partial charge in [-0.25, -0.2) is 15.0 Å². The van der Waals surface area contributed by atoms with E-state index in [-0.39, 0.29) is 5.92 Å². The van der Waals surface area contributed by atoms with Crippen molar-refractivity contribution in [3.8, 4) is 0 Å². The number of alkyl halides is 3. The summed E-state index contributed by atoms with van der Waals surface area (Å²) in [4.78, 5) is 12.5. The van der Waals surface area contributed by atoms with Crippen LogP contribution in [-0.2, 0) is 19.1 Å². The molecule has 0 saturated heterocycles. The minimum atomic E-state index is -4.38. The van der Waals surface area contributed by atoms with E-state index in [0.717, 1.165) is 37.1 Å². The summed E-state index contributed by atoms with van der Waals surface area (Å²) >= 11 is 0. The first-order valence-corrected chi connectivity index (χ1v) is 8.19. The molecule has 1 N–H and O–H groups in total. The van der Waals surface area contributed by atoms with Crippen LogP contribution in [0, 0.1) is 5.92 Å². The average Bonchev–Trinajstić information content (AvgIpc) is 3.31. The van der Waals surface area contributed by atoms with Crippen LogP contribution >= 0.6 is 0 Å². The molecule has 1 aliphatic heterocycles. The summed E-state index contributed by atoms with van der Waals surface area (Å²) in [5, 5.41) is 3.30. The number of rotatable bonds is 4. The second-order valence-corrected chi connectivity index (χ2v) is 6.55. The first kappa shape index (κ1) is 15.4. The Bertz CT molecular complexity index is 736. The van der Waals surface area contributed by atoms with Crippen molar-refractivity contribution in [3.05, 3.63) is 35.8 Å². The molecule has 0 spiro atoms. The van der Waals surface area contributed by atoms with Crippen LogP contribution in [0.3, 0.4) is 0 Å². The van der Waals surface area contributed by atoms with Gasteiger partial charge >= 0.3 is 6.18 Å². The lowest BCUT2D eigenvalue weighted by Crippen LogP contribution is -2.26. The molecule has 0 bridgehead atoms. The molecule has 3 heterocycles. The zero-order valence-corrected chi connectivity index (χ0v) is 13.1. The van der Waals surface area contributed by atoms with E-state index in [1.165, 1.54) is 0 Å². The molecule has 2 aromatic rings. The third-order valence-electron chi connectivity index (χ3n) is 4.57. The van der Waals surface area contributed by atoms with Crippen molar-refractivity contribution < 1.29 is 13.2 Å². The molecule has 1 saturated carbocycles. The molecule has 2 aromatic heterocycles. The number of aryl methyl sites for hydroxylation is 1. The highest BCUT2D eigenvalue weighted by Gasteiger charge is 2.35. The molecule has 0 aromatic carbocycles. The van der Waals surface area contributed by atoms with Gasteiger partial charge < -0.3 is 9.88 Å². The largest absolute Gasteiger partial charge is 0.434 e. The van der Waals surface area contributed by atoms with Gasteiger partial charge in [0.05, 0.1) is 0 Å². The van der Waals surface area contributed by atoms with E-state index in [2.05, 4.69) is 20.3 Å². The van der Waals surface area contributed by atoms with Gasteiger partial charge in [0, 0.05) is 37.8 Å². The second-order valence-electron chi connectivity index (χ2n) is 6.55. The van der Waals surface area contributed by atoms with E-state index in [0.29, 0.717) is 31.3 Å². The zero-order chi connectivity index (χ0) is 16.7. The number of hydrogen-bond acceptors (Lipinski definition) is 4. The Morgan fingerprint density at radius 3 is 2.79 bits per heavy atom. The molecule has 0 radical (unpaired) electrons.